The first-order chi connectivity index (χ1) is 30.0. The average molecular weight is 828 g/mol. The fourth-order valence-electron chi connectivity index (χ4n) is 4.64. The molecule has 13 nitrogen and oxygen atoms in total. The van der Waals surface area contributed by atoms with Gasteiger partial charge in [-0.15, -0.1) is 0 Å². The molecule has 0 aliphatic heterocycles. The van der Waals surface area contributed by atoms with Gasteiger partial charge in [0.15, 0.2) is 0 Å². The highest BCUT2D eigenvalue weighted by Crippen LogP contribution is 2.14. The van der Waals surface area contributed by atoms with Gasteiger partial charge in [-0.25, -0.2) is 0 Å². The number of nitriles is 5. The van der Waals surface area contributed by atoms with Gasteiger partial charge in [-0.2, -0.15) is 26.3 Å². The number of carbonyl (C=O) groups excluding carboxylic acids is 2. The van der Waals surface area contributed by atoms with Crippen molar-refractivity contribution < 1.29 is 30.0 Å². The zero-order valence-corrected chi connectivity index (χ0v) is 34.1. The number of hydrogen-bond acceptors (Lipinski definition) is 11. The van der Waals surface area contributed by atoms with E-state index in [1.807, 2.05) is 60.7 Å². The first kappa shape index (κ1) is 51.6. The molecule has 0 radical (unpaired) electrons. The second-order valence-corrected chi connectivity index (χ2v) is 12.1. The molecular formula is C49H45N7O6. The SMILES string of the molecule is CC(=O)Nc1ccccc1C#N.CC(=O)Nc1ccccc1C#N.N#Cc1ccccc1CO.N#Cc1ccccc1CO.N#Cc1ccccc1CO.OCc1ccccc1. The van der Waals surface area contributed by atoms with Gasteiger partial charge in [-0.1, -0.05) is 109 Å². The van der Waals surface area contributed by atoms with Crippen LogP contribution in [0.25, 0.3) is 0 Å². The van der Waals surface area contributed by atoms with E-state index in [1.165, 1.54) is 13.8 Å². The molecule has 0 saturated heterocycles. The number of nitrogens with zero attached hydrogens (tertiary/aromatic N) is 5. The highest BCUT2D eigenvalue weighted by molar-refractivity contribution is 5.90. The monoisotopic (exact) mass is 827 g/mol. The minimum Gasteiger partial charge on any atom is -0.392 e. The molecule has 13 heteroatoms. The Morgan fingerprint density at radius 2 is 0.645 bits per heavy atom. The quantitative estimate of drug-likeness (QED) is 0.0966. The lowest BCUT2D eigenvalue weighted by Gasteiger charge is -2.02. The molecule has 62 heavy (non-hydrogen) atoms. The number of aliphatic hydroxyl groups is 4. The number of hydrogen-bond donors (Lipinski definition) is 6. The molecule has 6 rings (SSSR count). The van der Waals surface area contributed by atoms with Crippen molar-refractivity contribution in [3.05, 3.63) is 202 Å². The molecule has 2 amide bonds. The third-order valence-corrected chi connectivity index (χ3v) is 7.67. The summed E-state index contributed by atoms with van der Waals surface area (Å²) in [6.45, 7) is 2.76. The van der Waals surface area contributed by atoms with Crippen molar-refractivity contribution in [3.63, 3.8) is 0 Å². The zero-order chi connectivity index (χ0) is 46.0. The van der Waals surface area contributed by atoms with Gasteiger partial charge in [-0.05, 0) is 64.7 Å². The van der Waals surface area contributed by atoms with Gasteiger partial charge in [0.1, 0.15) is 12.1 Å². The zero-order valence-electron chi connectivity index (χ0n) is 34.1. The molecule has 0 heterocycles. The molecule has 0 aromatic heterocycles. The second-order valence-electron chi connectivity index (χ2n) is 12.1. The highest BCUT2D eigenvalue weighted by atomic mass is 16.3. The number of amides is 2. The molecule has 0 atom stereocenters. The van der Waals surface area contributed by atoms with Crippen LogP contribution >= 0.6 is 0 Å². The van der Waals surface area contributed by atoms with Crippen LogP contribution in [0.2, 0.25) is 0 Å². The first-order valence-corrected chi connectivity index (χ1v) is 18.5. The maximum absolute atomic E-state index is 10.7. The molecule has 312 valence electrons. The molecule has 0 unspecified atom stereocenters. The van der Waals surface area contributed by atoms with E-state index >= 15 is 0 Å². The summed E-state index contributed by atoms with van der Waals surface area (Å²) in [6, 6.07) is 54.2. The lowest BCUT2D eigenvalue weighted by atomic mass is 10.1. The van der Waals surface area contributed by atoms with E-state index in [-0.39, 0.29) is 38.2 Å². The van der Waals surface area contributed by atoms with Gasteiger partial charge in [0.25, 0.3) is 0 Å². The molecule has 6 aromatic rings. The standard InChI is InChI=1S/2C9H8N2O.3C8H7NO.C7H8O/c2*1-7(12)11-9-5-3-2-4-8(9)6-10;3*9-5-7-3-1-2-4-8(7)6-10;8-6-7-4-2-1-3-5-7/h2*2-5H,1H3,(H,11,12);3*1-4,10H,6H2;1-5,8H,6H2. The number of anilines is 2. The number of rotatable bonds is 6. The predicted molar refractivity (Wildman–Crippen MR) is 235 cm³/mol. The molecule has 0 aliphatic rings. The van der Waals surface area contributed by atoms with Crippen LogP contribution in [0.3, 0.4) is 0 Å². The summed E-state index contributed by atoms with van der Waals surface area (Å²) < 4.78 is 0. The van der Waals surface area contributed by atoms with Crippen LogP contribution < -0.4 is 10.6 Å². The molecule has 6 aromatic carbocycles. The van der Waals surface area contributed by atoms with E-state index < -0.39 is 0 Å². The Hall–Kier alpha value is -8.45. The van der Waals surface area contributed by atoms with Crippen LogP contribution in [0.4, 0.5) is 11.4 Å². The molecule has 0 aliphatic carbocycles. The lowest BCUT2D eigenvalue weighted by Crippen LogP contribution is -2.06. The van der Waals surface area contributed by atoms with Crippen molar-refractivity contribution in [3.8, 4) is 30.3 Å². The summed E-state index contributed by atoms with van der Waals surface area (Å²) in [5, 5.41) is 82.5. The Balaban J connectivity index is 0.000000374. The van der Waals surface area contributed by atoms with Crippen LogP contribution in [0.1, 0.15) is 63.9 Å². The van der Waals surface area contributed by atoms with E-state index in [9.17, 15) is 9.59 Å². The van der Waals surface area contributed by atoms with Crippen molar-refractivity contribution in [2.24, 2.45) is 0 Å². The van der Waals surface area contributed by atoms with E-state index in [0.717, 1.165) is 5.56 Å². The number of para-hydroxylation sites is 2. The number of benzene rings is 6. The summed E-state index contributed by atoms with van der Waals surface area (Å²) in [5.41, 5.74) is 6.74. The summed E-state index contributed by atoms with van der Waals surface area (Å²) in [5.74, 6) is -0.338. The topological polar surface area (TPSA) is 258 Å². The Morgan fingerprint density at radius 3 is 0.871 bits per heavy atom. The third kappa shape index (κ3) is 20.3. The van der Waals surface area contributed by atoms with Gasteiger partial charge >= 0.3 is 0 Å². The minimum absolute atomic E-state index is 0.0657. The van der Waals surface area contributed by atoms with E-state index in [0.29, 0.717) is 55.9 Å². The van der Waals surface area contributed by atoms with Crippen LogP contribution in [0.5, 0.6) is 0 Å². The fourth-order valence-corrected chi connectivity index (χ4v) is 4.64. The maximum atomic E-state index is 10.7. The van der Waals surface area contributed by atoms with Crippen LogP contribution in [-0.4, -0.2) is 32.2 Å². The Morgan fingerprint density at radius 1 is 0.387 bits per heavy atom. The lowest BCUT2D eigenvalue weighted by molar-refractivity contribution is -0.115. The summed E-state index contributed by atoms with van der Waals surface area (Å²) in [4.78, 5) is 21.3. The summed E-state index contributed by atoms with van der Waals surface area (Å²) in [7, 11) is 0. The smallest absolute Gasteiger partial charge is 0.221 e. The van der Waals surface area contributed by atoms with Crippen LogP contribution in [0.15, 0.2) is 152 Å². The minimum atomic E-state index is -0.169. The Bertz CT molecular complexity index is 2300. The van der Waals surface area contributed by atoms with Gasteiger partial charge in [0.2, 0.25) is 11.8 Å². The molecule has 0 fully saturated rings. The van der Waals surface area contributed by atoms with Crippen LogP contribution in [-0.2, 0) is 36.0 Å². The van der Waals surface area contributed by atoms with Crippen molar-refractivity contribution in [1.29, 1.82) is 26.3 Å². The van der Waals surface area contributed by atoms with Gasteiger partial charge < -0.3 is 31.1 Å². The van der Waals surface area contributed by atoms with Gasteiger partial charge in [-0.3, -0.25) is 9.59 Å². The molecular weight excluding hydrogens is 783 g/mol. The normalized spacial score (nSPS) is 8.79. The van der Waals surface area contributed by atoms with E-state index in [4.69, 9.17) is 46.7 Å². The van der Waals surface area contributed by atoms with E-state index in [1.54, 1.807) is 121 Å². The number of carbonyl (C=O) groups is 2. The first-order valence-electron chi connectivity index (χ1n) is 18.5. The van der Waals surface area contributed by atoms with Gasteiger partial charge in [0.05, 0.1) is 83.8 Å². The van der Waals surface area contributed by atoms with Crippen molar-refractivity contribution in [1.82, 2.24) is 0 Å². The number of aliphatic hydroxyl groups excluding tert-OH is 4. The van der Waals surface area contributed by atoms with Crippen molar-refractivity contribution >= 4 is 23.2 Å². The molecule has 0 saturated carbocycles. The fraction of sp³-hybridized carbons (Fsp3) is 0.122. The molecule has 6 N–H and O–H groups in total. The van der Waals surface area contributed by atoms with E-state index in [2.05, 4.69) is 10.6 Å². The van der Waals surface area contributed by atoms with Crippen molar-refractivity contribution in [2.45, 2.75) is 40.3 Å². The average Bonchev–Trinajstić information content (AvgIpc) is 3.32. The number of nitrogens with one attached hydrogen (secondary N) is 2. The summed E-state index contributed by atoms with van der Waals surface area (Å²) in [6.07, 6.45) is 0. The molecule has 0 bridgehead atoms. The maximum Gasteiger partial charge on any atom is 0.221 e. The Labute approximate surface area is 361 Å². The Kier molecular flexibility index (Phi) is 26.2. The molecule has 0 spiro atoms. The largest absolute Gasteiger partial charge is 0.392 e. The second kappa shape index (κ2) is 31.5. The van der Waals surface area contributed by atoms with Crippen LogP contribution in [0, 0.1) is 56.7 Å². The summed E-state index contributed by atoms with van der Waals surface area (Å²) >= 11 is 0. The van der Waals surface area contributed by atoms with Gasteiger partial charge in [0, 0.05) is 13.8 Å². The predicted octanol–water partition coefficient (Wildman–Crippen LogP) is 7.36. The third-order valence-electron chi connectivity index (χ3n) is 7.67. The van der Waals surface area contributed by atoms with Crippen molar-refractivity contribution in [2.75, 3.05) is 10.6 Å². The highest BCUT2D eigenvalue weighted by Gasteiger charge is 2.02.